The van der Waals surface area contributed by atoms with Crippen LogP contribution in [0.4, 0.5) is 5.95 Å². The second kappa shape index (κ2) is 9.26. The van der Waals surface area contributed by atoms with Crippen LogP contribution in [0, 0.1) is 0 Å². The van der Waals surface area contributed by atoms with E-state index in [1.165, 1.54) is 0 Å². The summed E-state index contributed by atoms with van der Waals surface area (Å²) in [6.07, 6.45) is 2.09. The lowest BCUT2D eigenvalue weighted by molar-refractivity contribution is 0.0683. The van der Waals surface area contributed by atoms with Crippen LogP contribution >= 0.6 is 0 Å². The minimum Gasteiger partial charge on any atom is -0.477 e. The first-order valence-corrected chi connectivity index (χ1v) is 9.94. The lowest BCUT2D eigenvalue weighted by atomic mass is 10.2. The third-order valence-electron chi connectivity index (χ3n) is 4.87. The summed E-state index contributed by atoms with van der Waals surface area (Å²) < 4.78 is 11.7. The summed E-state index contributed by atoms with van der Waals surface area (Å²) in [4.78, 5) is 22.9. The summed E-state index contributed by atoms with van der Waals surface area (Å²) in [5.74, 6) is -0.713. The number of ether oxygens (including phenoxy) is 2. The zero-order valence-electron chi connectivity index (χ0n) is 16.5. The molecule has 1 N–H and O–H groups in total. The zero-order chi connectivity index (χ0) is 20.8. The van der Waals surface area contributed by atoms with Gasteiger partial charge in [0.25, 0.3) is 0 Å². The molecule has 1 aromatic heterocycles. The fraction of sp³-hybridized carbons (Fsp3) is 0.261. The van der Waals surface area contributed by atoms with E-state index in [0.29, 0.717) is 5.95 Å². The highest BCUT2D eigenvalue weighted by Gasteiger charge is 2.26. The smallest absolute Gasteiger partial charge is 0.346 e. The molecule has 2 heterocycles. The van der Waals surface area contributed by atoms with Gasteiger partial charge in [-0.2, -0.15) is 9.97 Å². The van der Waals surface area contributed by atoms with Crippen molar-refractivity contribution < 1.29 is 19.4 Å². The van der Waals surface area contributed by atoms with Crippen LogP contribution in [0.3, 0.4) is 0 Å². The first kappa shape index (κ1) is 19.7. The van der Waals surface area contributed by atoms with E-state index >= 15 is 0 Å². The predicted octanol–water partition coefficient (Wildman–Crippen LogP) is 3.93. The molecule has 0 bridgehead atoms. The average Bonchev–Trinajstić information content (AvgIpc) is 3.32. The quantitative estimate of drug-likeness (QED) is 0.608. The van der Waals surface area contributed by atoms with Gasteiger partial charge in [-0.25, -0.2) is 4.79 Å². The number of carboxylic acid groups (broad SMARTS) is 1. The van der Waals surface area contributed by atoms with Crippen molar-refractivity contribution in [2.24, 2.45) is 0 Å². The number of benzene rings is 2. The van der Waals surface area contributed by atoms with Crippen LogP contribution in [0.2, 0.25) is 0 Å². The molecule has 1 aliphatic heterocycles. The largest absolute Gasteiger partial charge is 0.477 e. The minimum absolute atomic E-state index is 0.0197. The fourth-order valence-corrected chi connectivity index (χ4v) is 3.31. The number of carboxylic acids is 1. The maximum absolute atomic E-state index is 12.0. The Morgan fingerprint density at radius 2 is 1.30 bits per heavy atom. The molecule has 3 aromatic rings. The molecular formula is C23H23N3O4. The molecule has 0 amide bonds. The third kappa shape index (κ3) is 4.68. The monoisotopic (exact) mass is 405 g/mol. The Morgan fingerprint density at radius 3 is 1.73 bits per heavy atom. The highest BCUT2D eigenvalue weighted by molar-refractivity contribution is 5.93. The highest BCUT2D eigenvalue weighted by Crippen LogP contribution is 2.30. The average molecular weight is 405 g/mol. The van der Waals surface area contributed by atoms with Crippen LogP contribution in [-0.2, 0) is 13.2 Å². The summed E-state index contributed by atoms with van der Waals surface area (Å²) in [6, 6.07) is 19.1. The fourth-order valence-electron chi connectivity index (χ4n) is 3.31. The topological polar surface area (TPSA) is 84.8 Å². The molecule has 0 spiro atoms. The van der Waals surface area contributed by atoms with Crippen LogP contribution in [0.1, 0.15) is 34.3 Å². The van der Waals surface area contributed by atoms with E-state index in [0.717, 1.165) is 37.1 Å². The zero-order valence-corrected chi connectivity index (χ0v) is 16.5. The van der Waals surface area contributed by atoms with Gasteiger partial charge in [0.05, 0.1) is 0 Å². The van der Waals surface area contributed by atoms with E-state index in [1.54, 1.807) is 0 Å². The van der Waals surface area contributed by atoms with E-state index in [-0.39, 0.29) is 30.5 Å². The summed E-state index contributed by atoms with van der Waals surface area (Å²) in [5.41, 5.74) is 1.67. The molecule has 2 aromatic carbocycles. The summed E-state index contributed by atoms with van der Waals surface area (Å²) in [7, 11) is 0. The first-order chi connectivity index (χ1) is 14.7. The van der Waals surface area contributed by atoms with Crippen molar-refractivity contribution in [1.29, 1.82) is 0 Å². The Labute approximate surface area is 174 Å². The molecule has 7 nitrogen and oxygen atoms in total. The van der Waals surface area contributed by atoms with Gasteiger partial charge < -0.3 is 19.5 Å². The Morgan fingerprint density at radius 1 is 0.833 bits per heavy atom. The van der Waals surface area contributed by atoms with Crippen molar-refractivity contribution in [2.45, 2.75) is 26.1 Å². The van der Waals surface area contributed by atoms with Gasteiger partial charge in [-0.1, -0.05) is 60.7 Å². The molecule has 0 atom stereocenters. The predicted molar refractivity (Wildman–Crippen MR) is 112 cm³/mol. The molecule has 0 saturated carbocycles. The normalized spacial score (nSPS) is 13.3. The molecular weight excluding hydrogens is 382 g/mol. The van der Waals surface area contributed by atoms with Crippen molar-refractivity contribution in [1.82, 2.24) is 9.97 Å². The van der Waals surface area contributed by atoms with Gasteiger partial charge in [0.15, 0.2) is 5.56 Å². The van der Waals surface area contributed by atoms with Crippen LogP contribution in [0.15, 0.2) is 60.7 Å². The Kier molecular flexibility index (Phi) is 6.08. The first-order valence-electron chi connectivity index (χ1n) is 9.94. The summed E-state index contributed by atoms with van der Waals surface area (Å²) >= 11 is 0. The van der Waals surface area contributed by atoms with Crippen molar-refractivity contribution in [3.63, 3.8) is 0 Å². The molecule has 1 saturated heterocycles. The molecule has 0 unspecified atom stereocenters. The van der Waals surface area contributed by atoms with Gasteiger partial charge >= 0.3 is 5.97 Å². The number of aromatic nitrogens is 2. The lowest BCUT2D eigenvalue weighted by Crippen LogP contribution is -2.22. The Balaban J connectivity index is 1.66. The lowest BCUT2D eigenvalue weighted by Gasteiger charge is -2.19. The van der Waals surface area contributed by atoms with E-state index < -0.39 is 5.97 Å². The van der Waals surface area contributed by atoms with Gasteiger partial charge in [0, 0.05) is 13.1 Å². The molecule has 30 heavy (non-hydrogen) atoms. The van der Waals surface area contributed by atoms with Gasteiger partial charge in [-0.05, 0) is 24.0 Å². The van der Waals surface area contributed by atoms with E-state index in [4.69, 9.17) is 9.47 Å². The van der Waals surface area contributed by atoms with Gasteiger partial charge in [0.1, 0.15) is 13.2 Å². The van der Waals surface area contributed by atoms with Crippen molar-refractivity contribution in [3.05, 3.63) is 77.4 Å². The maximum atomic E-state index is 12.0. The molecule has 1 fully saturated rings. The van der Waals surface area contributed by atoms with Crippen LogP contribution in [0.25, 0.3) is 0 Å². The molecule has 0 aliphatic carbocycles. The van der Waals surface area contributed by atoms with Crippen LogP contribution in [0.5, 0.6) is 11.8 Å². The maximum Gasteiger partial charge on any atom is 0.346 e. The molecule has 7 heteroatoms. The van der Waals surface area contributed by atoms with E-state index in [2.05, 4.69) is 9.97 Å². The number of hydrogen-bond donors (Lipinski definition) is 1. The molecule has 1 aliphatic rings. The van der Waals surface area contributed by atoms with Gasteiger partial charge in [-0.3, -0.25) is 0 Å². The number of anilines is 1. The number of rotatable bonds is 8. The van der Waals surface area contributed by atoms with Crippen LogP contribution < -0.4 is 14.4 Å². The molecule has 154 valence electrons. The summed E-state index contributed by atoms with van der Waals surface area (Å²) in [5, 5.41) is 9.84. The third-order valence-corrected chi connectivity index (χ3v) is 4.87. The van der Waals surface area contributed by atoms with Crippen LogP contribution in [-0.4, -0.2) is 34.1 Å². The second-order valence-electron chi connectivity index (χ2n) is 7.06. The number of aromatic carboxylic acids is 1. The number of carbonyl (C=O) groups is 1. The van der Waals surface area contributed by atoms with Crippen molar-refractivity contribution in [2.75, 3.05) is 18.0 Å². The van der Waals surface area contributed by atoms with E-state index in [1.807, 2.05) is 65.6 Å². The number of hydrogen-bond acceptors (Lipinski definition) is 6. The second-order valence-corrected chi connectivity index (χ2v) is 7.06. The Bertz CT molecular complexity index is 925. The SMILES string of the molecule is O=C(O)c1c(OCc2ccccc2)nc(N2CCCC2)nc1OCc1ccccc1. The highest BCUT2D eigenvalue weighted by atomic mass is 16.5. The molecule has 0 radical (unpaired) electrons. The molecule has 4 rings (SSSR count). The van der Waals surface area contributed by atoms with Crippen molar-refractivity contribution in [3.8, 4) is 11.8 Å². The standard InChI is InChI=1S/C23H23N3O4/c27-22(28)19-20(29-15-17-9-3-1-4-10-17)24-23(26-13-7-8-14-26)25-21(19)30-16-18-11-5-2-6-12-18/h1-6,9-12H,7-8,13-16H2,(H,27,28). The van der Waals surface area contributed by atoms with Gasteiger partial charge in [-0.15, -0.1) is 0 Å². The Hall–Kier alpha value is -3.61. The van der Waals surface area contributed by atoms with Gasteiger partial charge in [0.2, 0.25) is 17.7 Å². The number of nitrogens with zero attached hydrogens (tertiary/aromatic N) is 3. The van der Waals surface area contributed by atoms with E-state index in [9.17, 15) is 9.90 Å². The minimum atomic E-state index is -1.19. The van der Waals surface area contributed by atoms with Crippen molar-refractivity contribution >= 4 is 11.9 Å². The summed E-state index contributed by atoms with van der Waals surface area (Å²) in [6.45, 7) is 2.05.